The summed E-state index contributed by atoms with van der Waals surface area (Å²) in [6, 6.07) is 29.7. The average molecular weight is 1840 g/mol. The summed E-state index contributed by atoms with van der Waals surface area (Å²) in [5, 5.41) is 81.2. The number of amidine groups is 6. The fraction of sp³-hybridized carbons (Fsp3) is 0.388. The zero-order chi connectivity index (χ0) is 78.2. The van der Waals surface area contributed by atoms with Crippen molar-refractivity contribution >= 4 is 194 Å². The second-order valence-corrected chi connectivity index (χ2v) is 24.3. The van der Waals surface area contributed by atoms with E-state index in [2.05, 4.69) is 122 Å². The largest absolute Gasteiger partial charge is 2.00 e. The Hall–Kier alpha value is -6.51. The normalized spacial score (nSPS) is 13.5. The Morgan fingerprint density at radius 3 is 0.806 bits per heavy atom. The van der Waals surface area contributed by atoms with Gasteiger partial charge in [0.2, 0.25) is 0 Å². The molecule has 0 aromatic heterocycles. The minimum absolute atomic E-state index is 0. The number of carbonyl (C=O) groups is 1. The fourth-order valence-electron chi connectivity index (χ4n) is 7.17. The molecule has 108 heavy (non-hydrogen) atoms. The molecule has 0 unspecified atom stereocenters. The molecule has 602 valence electrons. The van der Waals surface area contributed by atoms with Crippen molar-refractivity contribution in [2.75, 3.05) is 39.3 Å². The maximum atomic E-state index is 12.2. The van der Waals surface area contributed by atoms with Gasteiger partial charge in [0.15, 0.2) is 0 Å². The van der Waals surface area contributed by atoms with Gasteiger partial charge in [-0.05, 0) is 125 Å². The Morgan fingerprint density at radius 1 is 0.343 bits per heavy atom. The van der Waals surface area contributed by atoms with Crippen LogP contribution in [0.2, 0.25) is 0 Å². The molecule has 0 saturated heterocycles. The van der Waals surface area contributed by atoms with Gasteiger partial charge in [-0.2, -0.15) is 87.6 Å². The third-order valence-electron chi connectivity index (χ3n) is 12.3. The molecule has 0 spiro atoms. The first kappa shape index (κ1) is 108. The third-order valence-corrected chi connectivity index (χ3v) is 14.2. The summed E-state index contributed by atoms with van der Waals surface area (Å²) in [5.41, 5.74) is 10.6. The topological polar surface area (TPSA) is 287 Å². The molecule has 0 amide bonds. The molecule has 0 heterocycles. The van der Waals surface area contributed by atoms with Crippen LogP contribution in [0.3, 0.4) is 0 Å². The maximum Gasteiger partial charge on any atom is 2.00 e. The van der Waals surface area contributed by atoms with E-state index in [9.17, 15) is 31.1 Å². The fourth-order valence-corrected chi connectivity index (χ4v) is 8.62. The van der Waals surface area contributed by atoms with Gasteiger partial charge in [-0.3, -0.25) is 4.79 Å². The molecule has 0 atom stereocenters. The third kappa shape index (κ3) is 49.6. The number of carbonyl (C=O) groups excluding carboxylic acids is 1. The van der Waals surface area contributed by atoms with Crippen LogP contribution in [0.15, 0.2) is 179 Å². The van der Waals surface area contributed by atoms with E-state index in [0.717, 1.165) is 41.5 Å². The number of aryl methyl sites for hydroxylation is 3. The van der Waals surface area contributed by atoms with Crippen molar-refractivity contribution < 1.29 is 99.4 Å². The minimum Gasteiger partial charge on any atom is -0.763 e. The monoisotopic (exact) mass is 1830 g/mol. The molecule has 41 heteroatoms. The average Bonchev–Trinajstić information content (AvgIpc) is 0.876. The van der Waals surface area contributed by atoms with Crippen LogP contribution in [0.4, 0.5) is 26.3 Å². The van der Waals surface area contributed by atoms with Crippen LogP contribution in [-0.2, 0) is 176 Å². The number of hydrogen-bond acceptors (Lipinski definition) is 25. The van der Waals surface area contributed by atoms with E-state index in [1.165, 1.54) is 5.56 Å². The van der Waals surface area contributed by atoms with Crippen molar-refractivity contribution in [3.8, 4) is 0 Å². The van der Waals surface area contributed by atoms with E-state index in [1.54, 1.807) is 50.2 Å². The molecule has 4 radical (unpaired) electrons. The van der Waals surface area contributed by atoms with Gasteiger partial charge in [-0.1, -0.05) is 152 Å². The van der Waals surface area contributed by atoms with E-state index in [-0.39, 0.29) is 79.2 Å². The zero-order valence-corrected chi connectivity index (χ0v) is 71.2. The molecule has 4 aromatic rings. The number of benzene rings is 4. The van der Waals surface area contributed by atoms with E-state index in [4.69, 9.17) is 101 Å². The summed E-state index contributed by atoms with van der Waals surface area (Å²) in [6.45, 7) is 24.9. The smallest absolute Gasteiger partial charge is 0.763 e. The summed E-state index contributed by atoms with van der Waals surface area (Å²) in [6.07, 6.45) is -4.26. The maximum absolute atomic E-state index is 12.2. The first-order valence-electron chi connectivity index (χ1n) is 32.1. The van der Waals surface area contributed by atoms with Crippen molar-refractivity contribution in [2.45, 2.75) is 134 Å². The summed E-state index contributed by atoms with van der Waals surface area (Å²) in [7, 11) is 0. The minimum atomic E-state index is -4.43. The predicted octanol–water partition coefficient (Wildman–Crippen LogP) is 11.7. The van der Waals surface area contributed by atoms with Crippen LogP contribution >= 0.6 is 0 Å². The molecule has 0 aliphatic carbocycles. The van der Waals surface area contributed by atoms with Gasteiger partial charge >= 0.3 is 80.6 Å². The van der Waals surface area contributed by atoms with Crippen molar-refractivity contribution in [1.82, 2.24) is 31.9 Å². The molecule has 4 aromatic carbocycles. The predicted molar refractivity (Wildman–Crippen MR) is 440 cm³/mol. The van der Waals surface area contributed by atoms with Crippen molar-refractivity contribution in [1.29, 1.82) is 0 Å². The Kier molecular flexibility index (Phi) is 61.1. The number of rotatable bonds is 28. The second kappa shape index (κ2) is 61.2. The summed E-state index contributed by atoms with van der Waals surface area (Å²) in [4.78, 5) is 10.8. The van der Waals surface area contributed by atoms with E-state index in [1.807, 2.05) is 128 Å². The number of nitrogens with one attached hydrogen (secondary N) is 6. The van der Waals surface area contributed by atoms with Crippen LogP contribution in [0.1, 0.15) is 151 Å². The van der Waals surface area contributed by atoms with Crippen LogP contribution < -0.4 is 31.9 Å². The number of alkyl halides is 6. The summed E-state index contributed by atoms with van der Waals surface area (Å²) in [5.74, 6) is 0. The quantitative estimate of drug-likeness (QED) is 0.00586. The van der Waals surface area contributed by atoms with Crippen LogP contribution in [0, 0.1) is 13.8 Å². The molecular weight excluding hydrogens is 1750 g/mol. The first-order chi connectivity index (χ1) is 49.3. The van der Waals surface area contributed by atoms with Gasteiger partial charge in [0.05, 0.1) is 22.8 Å². The molecule has 0 aliphatic rings. The molecule has 0 aliphatic heterocycles. The molecular formula is C67H84Cu4F6N22OS8. The van der Waals surface area contributed by atoms with Gasteiger partial charge in [0, 0.05) is 54.0 Å². The number of halogens is 6. The molecule has 4 rings (SSSR count). The zero-order valence-electron chi connectivity index (χ0n) is 60.9. The number of hydrogen-bond donors (Lipinski definition) is 6. The number of nitrogens with zero attached hydrogens (tertiary/aromatic N) is 16. The first-order valence-corrected chi connectivity index (χ1v) is 35.4. The second-order valence-electron chi connectivity index (χ2n) is 21.0. The Bertz CT molecular complexity index is 3850. The van der Waals surface area contributed by atoms with Crippen molar-refractivity contribution in [2.24, 2.45) is 81.6 Å². The Labute approximate surface area is 715 Å². The van der Waals surface area contributed by atoms with Crippen LogP contribution in [0.25, 0.3) is 0 Å². The Morgan fingerprint density at radius 2 is 0.574 bits per heavy atom. The summed E-state index contributed by atoms with van der Waals surface area (Å²) >= 11 is 40.0. The molecule has 0 fully saturated rings. The number of aldehydes is 1. The Balaban J connectivity index is -0.000000661. The molecule has 23 nitrogen and oxygen atoms in total. The van der Waals surface area contributed by atoms with Gasteiger partial charge < -0.3 is 133 Å². The van der Waals surface area contributed by atoms with Gasteiger partial charge in [0.1, 0.15) is 42.2 Å². The molecule has 0 saturated carbocycles. The SMILES string of the molecule is CCCC([S-])=NN=C(C)C(=NN=C([S-])NCC(F)(F)F)c1ccc(C)cc1.CCCC([S-])=NN=C(C)C(=NN=C([S-])NCC(F)(F)F)c1ccc(C=O)cc1.CCNC([S-])=NN=C(C)C(=NN=C([S-])NCC)c1ccc(C)cc1.CCNC([S-])=NN=C(C)C(=NN=C([S-])NCC)c1ccc(CC)cc1.[Cu+2].[Cu+2].[Cu+2].[Cu+2]. The molecule has 6 N–H and O–H groups in total. The van der Waals surface area contributed by atoms with Gasteiger partial charge in [-0.25, -0.2) is 0 Å². The van der Waals surface area contributed by atoms with Crippen LogP contribution in [-0.4, -0.2) is 145 Å². The molecule has 0 bridgehead atoms. The summed E-state index contributed by atoms with van der Waals surface area (Å²) < 4.78 is 73.5. The van der Waals surface area contributed by atoms with Crippen molar-refractivity contribution in [3.63, 3.8) is 0 Å². The van der Waals surface area contributed by atoms with E-state index < -0.39 is 30.6 Å². The van der Waals surface area contributed by atoms with Gasteiger partial charge in [-0.15, -0.1) is 20.4 Å². The van der Waals surface area contributed by atoms with Gasteiger partial charge in [0.25, 0.3) is 0 Å². The van der Waals surface area contributed by atoms with E-state index in [0.29, 0.717) is 133 Å². The van der Waals surface area contributed by atoms with Crippen molar-refractivity contribution in [3.05, 3.63) is 142 Å². The standard InChI is InChI=1S/C17H20F3N5OS2.C17H22F3N5S2.C17H26N6S2.C16H24N6S2.4Cu/c1-3-4-14(27)23-22-11(2)15(13-7-5-12(9-26)6-8-13)24-25-16(28)21-10-17(18,19)20;1-4-5-14(26)23-22-12(3)15(13-8-6-11(2)7-9-13)24-25-16(27)21-10-17(18,19)20;1-5-13-8-10-14(11-9-13)15(21-23-17(25)19-7-3)12(4)20-22-16(24)18-6-2;1-5-17-15(23)21-19-12(4)14(20-22-16(24)18-6-2)13-9-7-11(3)8-10-13;;;;/h5-9H,3-4,10H2,1-2H3,(H,23,27)(H2,21,25,28);6-9H,4-5,10H2,1-3H3,(H,23,26)(H2,21,25,27);8-11H,5-7H2,1-4H3,(H2,18,22,24)(H2,19,23,25);7-10H,5-6H2,1-4H3,(H2,17,21,23)(H2,18,22,24);;;;/q;;;;4*+2/p-8. The van der Waals surface area contributed by atoms with Crippen LogP contribution in [0.5, 0.6) is 0 Å². The van der Waals surface area contributed by atoms with E-state index >= 15 is 0 Å².